The molecule has 0 radical (unpaired) electrons. The van der Waals surface area contributed by atoms with Crippen LogP contribution in [0.5, 0.6) is 11.5 Å². The minimum Gasteiger partial charge on any atom is -0.508 e. The molecule has 23 nitrogen and oxygen atoms in total. The first-order chi connectivity index (χ1) is 43.5. The van der Waals surface area contributed by atoms with Crippen molar-refractivity contribution in [2.24, 2.45) is 11.3 Å². The van der Waals surface area contributed by atoms with Crippen LogP contribution in [0.3, 0.4) is 0 Å². The van der Waals surface area contributed by atoms with Gasteiger partial charge in [-0.15, -0.1) is 0 Å². The number of amides is 7. The summed E-state index contributed by atoms with van der Waals surface area (Å²) in [7, 11) is 0. The lowest BCUT2D eigenvalue weighted by Gasteiger charge is -2.30. The standard InChI is InChI=1S/C69H84N10O13/c1-39(2)59(67(92)77-55(34-44-37-71-50-21-15-13-19-48(44)50)63(88)72-51(60(85)68(3,4)5)30-40-16-10-9-11-17-40)78-65(90)56(35-58(83)84)76-62(87)52(31-41-22-26-45(81)27-23-41)73-64(89)54(33-43-36-70-49-20-14-12-18-47(43)49)75-61(86)53(32-42-24-28-46(82)29-25-42)74-66(91)57(38-80)79-69(6,7)8/h9-29,36-37,39,51-57,59,70-71,79-82H,30-35,38H2,1-8H3,(H,72,88)(H,73,89)(H,74,91)(H,75,86)(H,76,87)(H,77,92)(H,78,90)(H,83,84)/t51-,52-,53-,54-,55-,56-,57-,59-/m0/s1. The average Bonchev–Trinajstić information content (AvgIpc) is 1.66. The average molecular weight is 1260 g/mol. The summed E-state index contributed by atoms with van der Waals surface area (Å²) in [5, 5.41) is 64.3. The Hall–Kier alpha value is -9.87. The third-order valence-corrected chi connectivity index (χ3v) is 15.5. The molecule has 5 aromatic carbocycles. The highest BCUT2D eigenvalue weighted by molar-refractivity contribution is 6.00. The number of aromatic nitrogens is 2. The van der Waals surface area contributed by atoms with E-state index in [0.29, 0.717) is 33.2 Å². The summed E-state index contributed by atoms with van der Waals surface area (Å²) in [6, 6.07) is 23.7. The van der Waals surface area contributed by atoms with Gasteiger partial charge >= 0.3 is 5.97 Å². The molecule has 0 unspecified atom stereocenters. The molecule has 23 heteroatoms. The van der Waals surface area contributed by atoms with Crippen LogP contribution in [0.1, 0.15) is 89.6 Å². The molecule has 7 amide bonds. The molecule has 0 fully saturated rings. The molecule has 488 valence electrons. The number of Topliss-reactive ketones (excluding diaryl/α,β-unsaturated/α-hetero) is 1. The highest BCUT2D eigenvalue weighted by Gasteiger charge is 2.38. The van der Waals surface area contributed by atoms with Crippen LogP contribution in [0.2, 0.25) is 0 Å². The second kappa shape index (κ2) is 31.2. The number of benzene rings is 5. The molecular formula is C69H84N10O13. The van der Waals surface area contributed by atoms with Crippen molar-refractivity contribution in [3.05, 3.63) is 168 Å². The molecule has 0 saturated heterocycles. The number of fused-ring (bicyclic) bond motifs is 2. The van der Waals surface area contributed by atoms with Crippen LogP contribution >= 0.6 is 0 Å². The van der Waals surface area contributed by atoms with Crippen LogP contribution < -0.4 is 42.5 Å². The van der Waals surface area contributed by atoms with E-state index in [0.717, 1.165) is 16.5 Å². The number of phenols is 2. The second-order valence-electron chi connectivity index (χ2n) is 25.5. The Bertz CT molecular complexity index is 3720. The molecule has 0 aliphatic rings. The van der Waals surface area contributed by atoms with Crippen LogP contribution in [0.4, 0.5) is 0 Å². The molecular weight excluding hydrogens is 1180 g/mol. The van der Waals surface area contributed by atoms with E-state index < -0.39 is 126 Å². The maximum Gasteiger partial charge on any atom is 0.305 e. The van der Waals surface area contributed by atoms with Crippen LogP contribution in [0.25, 0.3) is 21.8 Å². The van der Waals surface area contributed by atoms with E-state index in [-0.39, 0.29) is 49.4 Å². The van der Waals surface area contributed by atoms with E-state index in [9.17, 15) is 58.8 Å². The number of carboxylic acids is 1. The number of aromatic hydroxyl groups is 2. The number of carboxylic acid groups (broad SMARTS) is 1. The largest absolute Gasteiger partial charge is 0.508 e. The lowest BCUT2D eigenvalue weighted by atomic mass is 9.84. The first-order valence-electron chi connectivity index (χ1n) is 30.5. The quantitative estimate of drug-likeness (QED) is 0.0296. The molecule has 0 aliphatic carbocycles. The number of phenolic OH excluding ortho intramolecular Hbond substituents is 2. The van der Waals surface area contributed by atoms with Gasteiger partial charge in [-0.25, -0.2) is 0 Å². The zero-order valence-corrected chi connectivity index (χ0v) is 52.9. The summed E-state index contributed by atoms with van der Waals surface area (Å²) >= 11 is 0. The van der Waals surface area contributed by atoms with Crippen molar-refractivity contribution >= 4 is 74.9 Å². The lowest BCUT2D eigenvalue weighted by Crippen LogP contribution is -2.62. The van der Waals surface area contributed by atoms with Gasteiger partial charge in [-0.1, -0.05) is 126 Å². The van der Waals surface area contributed by atoms with Gasteiger partial charge in [0, 0.05) is 70.8 Å². The van der Waals surface area contributed by atoms with Crippen molar-refractivity contribution in [3.63, 3.8) is 0 Å². The van der Waals surface area contributed by atoms with Gasteiger partial charge < -0.3 is 67.6 Å². The number of hydrogen-bond acceptors (Lipinski definition) is 13. The fraction of sp³-hybridized carbons (Fsp3) is 0.377. The third kappa shape index (κ3) is 19.8. The first kappa shape index (κ1) is 69.6. The molecule has 7 aromatic rings. The number of carbonyl (C=O) groups excluding carboxylic acids is 8. The van der Waals surface area contributed by atoms with Crippen molar-refractivity contribution < 1.29 is 63.6 Å². The Morgan fingerprint density at radius 1 is 0.424 bits per heavy atom. The summed E-state index contributed by atoms with van der Waals surface area (Å²) in [5.41, 5.74) is 2.80. The van der Waals surface area contributed by atoms with Crippen LogP contribution in [-0.4, -0.2) is 144 Å². The Kier molecular flexibility index (Phi) is 23.6. The topological polar surface area (TPSA) is 362 Å². The molecule has 2 heterocycles. The Balaban J connectivity index is 1.17. The minimum atomic E-state index is -1.90. The van der Waals surface area contributed by atoms with Crippen molar-refractivity contribution in [2.45, 2.75) is 148 Å². The predicted molar refractivity (Wildman–Crippen MR) is 347 cm³/mol. The zero-order chi connectivity index (χ0) is 67.0. The molecule has 8 atom stereocenters. The van der Waals surface area contributed by atoms with E-state index in [1.165, 1.54) is 36.4 Å². The first-order valence-corrected chi connectivity index (χ1v) is 30.5. The number of aromatic amines is 2. The number of H-pyrrole nitrogens is 2. The van der Waals surface area contributed by atoms with Gasteiger partial charge in [-0.05, 0) is 97.3 Å². The molecule has 2 aromatic heterocycles. The molecule has 0 spiro atoms. The van der Waals surface area contributed by atoms with Gasteiger partial charge in [0.05, 0.1) is 19.1 Å². The fourth-order valence-electron chi connectivity index (χ4n) is 10.7. The molecule has 0 saturated carbocycles. The van der Waals surface area contributed by atoms with Crippen molar-refractivity contribution in [3.8, 4) is 11.5 Å². The zero-order valence-electron chi connectivity index (χ0n) is 52.9. The number of ketones is 1. The number of para-hydroxylation sites is 2. The SMILES string of the molecule is CC(C)[C@H](NC(=O)[C@H](CC(=O)O)NC(=O)[C@H](Cc1ccc(O)cc1)NC(=O)[C@H](Cc1c[nH]c2ccccc12)NC(=O)[C@H](Cc1ccc(O)cc1)NC(=O)[C@H](CO)NC(C)(C)C)C(=O)N[C@@H](Cc1c[nH]c2ccccc12)C(=O)N[C@@H](Cc1ccccc1)C(=O)C(C)(C)C. The van der Waals surface area contributed by atoms with Crippen molar-refractivity contribution in [1.82, 2.24) is 52.5 Å². The number of aliphatic hydroxyl groups excluding tert-OH is 1. The number of nitrogens with one attached hydrogen (secondary N) is 10. The summed E-state index contributed by atoms with van der Waals surface area (Å²) < 4.78 is 0. The van der Waals surface area contributed by atoms with Crippen LogP contribution in [-0.2, 0) is 75.3 Å². The van der Waals surface area contributed by atoms with Gasteiger partial charge in [0.15, 0.2) is 5.78 Å². The van der Waals surface area contributed by atoms with Gasteiger partial charge in [-0.3, -0.25) is 48.5 Å². The van der Waals surface area contributed by atoms with Crippen LogP contribution in [0, 0.1) is 11.3 Å². The van der Waals surface area contributed by atoms with E-state index in [4.69, 9.17) is 0 Å². The summed E-state index contributed by atoms with van der Waals surface area (Å²) in [4.78, 5) is 136. The third-order valence-electron chi connectivity index (χ3n) is 15.5. The molecule has 14 N–H and O–H groups in total. The maximum absolute atomic E-state index is 15.1. The smallest absolute Gasteiger partial charge is 0.305 e. The Morgan fingerprint density at radius 3 is 1.20 bits per heavy atom. The lowest BCUT2D eigenvalue weighted by molar-refractivity contribution is -0.141. The number of rotatable bonds is 30. The highest BCUT2D eigenvalue weighted by Crippen LogP contribution is 2.24. The number of aliphatic carboxylic acids is 1. The van der Waals surface area contributed by atoms with Gasteiger partial charge in [0.2, 0.25) is 41.4 Å². The highest BCUT2D eigenvalue weighted by atomic mass is 16.4. The molecule has 92 heavy (non-hydrogen) atoms. The molecule has 0 aliphatic heterocycles. The van der Waals surface area contributed by atoms with E-state index >= 15 is 4.79 Å². The monoisotopic (exact) mass is 1260 g/mol. The number of aliphatic hydroxyl groups is 1. The fourth-order valence-corrected chi connectivity index (χ4v) is 10.7. The predicted octanol–water partition coefficient (Wildman–Crippen LogP) is 4.46. The summed E-state index contributed by atoms with van der Waals surface area (Å²) in [5.74, 6) is -8.95. The molecule has 7 rings (SSSR count). The summed E-state index contributed by atoms with van der Waals surface area (Å²) in [6.45, 7) is 13.2. The van der Waals surface area contributed by atoms with Crippen molar-refractivity contribution in [2.75, 3.05) is 6.61 Å². The van der Waals surface area contributed by atoms with Gasteiger partial charge in [-0.2, -0.15) is 0 Å². The number of hydrogen-bond donors (Lipinski definition) is 14. The number of carbonyl (C=O) groups is 9. The van der Waals surface area contributed by atoms with E-state index in [2.05, 4.69) is 52.5 Å². The van der Waals surface area contributed by atoms with E-state index in [1.54, 1.807) is 104 Å². The minimum absolute atomic E-state index is 0.0575. The Labute approximate surface area is 533 Å². The Morgan fingerprint density at radius 2 is 0.783 bits per heavy atom. The van der Waals surface area contributed by atoms with Crippen molar-refractivity contribution in [1.29, 1.82) is 0 Å². The molecule has 0 bridgehead atoms. The van der Waals surface area contributed by atoms with Gasteiger partial charge in [0.1, 0.15) is 53.8 Å². The summed E-state index contributed by atoms with van der Waals surface area (Å²) in [6.07, 6.45) is 1.74. The van der Waals surface area contributed by atoms with E-state index in [1.807, 2.05) is 54.6 Å². The van der Waals surface area contributed by atoms with Gasteiger partial charge in [0.25, 0.3) is 0 Å². The maximum atomic E-state index is 15.1. The second-order valence-corrected chi connectivity index (χ2v) is 25.5. The van der Waals surface area contributed by atoms with Crippen LogP contribution in [0.15, 0.2) is 140 Å². The normalized spacial score (nSPS) is 14.3.